The van der Waals surface area contributed by atoms with Gasteiger partial charge in [0.25, 0.3) is 5.91 Å². The van der Waals surface area contributed by atoms with Crippen molar-refractivity contribution in [2.75, 3.05) is 32.8 Å². The van der Waals surface area contributed by atoms with Crippen molar-refractivity contribution in [3.05, 3.63) is 23.8 Å². The van der Waals surface area contributed by atoms with Crippen LogP contribution in [0.4, 0.5) is 4.79 Å². The maximum atomic E-state index is 13.0. The number of aromatic amines is 1. The number of hydrogen-bond acceptors (Lipinski definition) is 5. The van der Waals surface area contributed by atoms with Crippen LogP contribution in [-0.4, -0.2) is 70.0 Å². The minimum absolute atomic E-state index is 0.0271. The zero-order chi connectivity index (χ0) is 24.1. The van der Waals surface area contributed by atoms with Crippen molar-refractivity contribution in [2.24, 2.45) is 41.4 Å². The van der Waals surface area contributed by atoms with Crippen LogP contribution in [0.3, 0.4) is 0 Å². The van der Waals surface area contributed by atoms with Crippen LogP contribution in [-0.2, 0) is 4.74 Å². The number of benzene rings is 1. The standard InChI is InChI=1S/C27H37N5O3/c1-16-7-18-9-17(2)23(20(8-16)10-18)5-6-35-27(34)32-14-21-12-31(13-22(21)15-32)26(33)19-3-4-24-25(11-19)29-30-28-24/h3-4,11,16-18,20-23H,5-10,12-15H2,1-2H3,(H,28,29,30)/t16?,17?,18?,20?,21-,22+,23?. The van der Waals surface area contributed by atoms with Crippen LogP contribution in [0.5, 0.6) is 0 Å². The molecule has 4 fully saturated rings. The SMILES string of the molecule is CC1CC2CC(C)C(CCOC(=O)N3C[C@@H]4CN(C(=O)c5ccc6[nH]nnc6c5)C[C@@H]4C3)C(C1)C2. The molecule has 8 nitrogen and oxygen atoms in total. The molecule has 2 amide bonds. The van der Waals surface area contributed by atoms with E-state index in [-0.39, 0.29) is 12.0 Å². The van der Waals surface area contributed by atoms with Crippen molar-refractivity contribution in [1.29, 1.82) is 0 Å². The summed E-state index contributed by atoms with van der Waals surface area (Å²) in [6.07, 6.45) is 6.29. The molecule has 1 aromatic carbocycles. The number of hydrogen-bond donors (Lipinski definition) is 1. The molecule has 2 aliphatic carbocycles. The first-order valence-corrected chi connectivity index (χ1v) is 13.5. The Labute approximate surface area is 206 Å². The summed E-state index contributed by atoms with van der Waals surface area (Å²) in [6.45, 7) is 8.06. The lowest BCUT2D eigenvalue weighted by atomic mass is 9.59. The Balaban J connectivity index is 0.979. The van der Waals surface area contributed by atoms with Gasteiger partial charge in [-0.2, -0.15) is 0 Å². The minimum Gasteiger partial charge on any atom is -0.449 e. The summed E-state index contributed by atoms with van der Waals surface area (Å²) >= 11 is 0. The number of likely N-dealkylation sites (tertiary alicyclic amines) is 2. The number of carbonyl (C=O) groups is 2. The fourth-order valence-electron chi connectivity index (χ4n) is 7.87. The average molecular weight is 480 g/mol. The highest BCUT2D eigenvalue weighted by atomic mass is 16.6. The van der Waals surface area contributed by atoms with E-state index in [0.29, 0.717) is 61.6 Å². The number of nitrogens with one attached hydrogen (secondary N) is 1. The lowest BCUT2D eigenvalue weighted by Gasteiger charge is -2.46. The van der Waals surface area contributed by atoms with Gasteiger partial charge in [-0.25, -0.2) is 4.79 Å². The van der Waals surface area contributed by atoms with Crippen LogP contribution in [0.25, 0.3) is 11.0 Å². The number of amides is 2. The van der Waals surface area contributed by atoms with Gasteiger partial charge in [-0.1, -0.05) is 19.1 Å². The van der Waals surface area contributed by atoms with Crippen LogP contribution in [0, 0.1) is 41.4 Å². The molecular weight excluding hydrogens is 442 g/mol. The first kappa shape index (κ1) is 22.8. The number of carbonyl (C=O) groups excluding carboxylic acids is 2. The lowest BCUT2D eigenvalue weighted by molar-refractivity contribution is 0.0257. The Morgan fingerprint density at radius 2 is 1.77 bits per heavy atom. The molecule has 2 aromatic rings. The molecule has 8 heteroatoms. The zero-order valence-corrected chi connectivity index (χ0v) is 20.9. The molecule has 7 atom stereocenters. The molecule has 4 aliphatic rings. The van der Waals surface area contributed by atoms with E-state index in [9.17, 15) is 9.59 Å². The molecule has 2 bridgehead atoms. The van der Waals surface area contributed by atoms with E-state index in [1.54, 1.807) is 6.07 Å². The molecule has 0 radical (unpaired) electrons. The van der Waals surface area contributed by atoms with Gasteiger partial charge in [0.2, 0.25) is 0 Å². The van der Waals surface area contributed by atoms with E-state index >= 15 is 0 Å². The molecule has 0 spiro atoms. The molecule has 6 rings (SSSR count). The molecule has 1 N–H and O–H groups in total. The molecule has 1 aromatic heterocycles. The second kappa shape index (κ2) is 9.10. The molecule has 2 saturated carbocycles. The van der Waals surface area contributed by atoms with Crippen LogP contribution >= 0.6 is 0 Å². The summed E-state index contributed by atoms with van der Waals surface area (Å²) in [6, 6.07) is 5.46. The quantitative estimate of drug-likeness (QED) is 0.710. The fourth-order valence-corrected chi connectivity index (χ4v) is 7.87. The van der Waals surface area contributed by atoms with Crippen LogP contribution in [0.2, 0.25) is 0 Å². The second-order valence-electron chi connectivity index (χ2n) is 11.9. The molecule has 2 aliphatic heterocycles. The van der Waals surface area contributed by atoms with E-state index in [1.807, 2.05) is 21.9 Å². The van der Waals surface area contributed by atoms with Gasteiger partial charge >= 0.3 is 6.09 Å². The molecule has 35 heavy (non-hydrogen) atoms. The monoisotopic (exact) mass is 479 g/mol. The number of aromatic nitrogens is 3. The Morgan fingerprint density at radius 1 is 1.00 bits per heavy atom. The second-order valence-corrected chi connectivity index (χ2v) is 11.9. The minimum atomic E-state index is -0.174. The van der Waals surface area contributed by atoms with Crippen LogP contribution < -0.4 is 0 Å². The van der Waals surface area contributed by atoms with E-state index in [0.717, 1.165) is 35.6 Å². The normalized spacial score (nSPS) is 34.3. The highest BCUT2D eigenvalue weighted by Crippen LogP contribution is 2.49. The largest absolute Gasteiger partial charge is 0.449 e. The van der Waals surface area contributed by atoms with Gasteiger partial charge in [-0.05, 0) is 79.9 Å². The van der Waals surface area contributed by atoms with Gasteiger partial charge in [0, 0.05) is 43.6 Å². The van der Waals surface area contributed by atoms with Gasteiger partial charge in [0.1, 0.15) is 5.52 Å². The van der Waals surface area contributed by atoms with E-state index in [4.69, 9.17) is 4.74 Å². The summed E-state index contributed by atoms with van der Waals surface area (Å²) in [5.41, 5.74) is 2.16. The van der Waals surface area contributed by atoms with Gasteiger partial charge < -0.3 is 14.5 Å². The third kappa shape index (κ3) is 4.40. The number of fused-ring (bicyclic) bond motifs is 4. The number of H-pyrrole nitrogens is 1. The summed E-state index contributed by atoms with van der Waals surface area (Å²) < 4.78 is 5.77. The summed E-state index contributed by atoms with van der Waals surface area (Å²) in [5, 5.41) is 10.6. The van der Waals surface area contributed by atoms with E-state index < -0.39 is 0 Å². The maximum Gasteiger partial charge on any atom is 0.409 e. The predicted molar refractivity (Wildman–Crippen MR) is 132 cm³/mol. The first-order chi connectivity index (χ1) is 16.9. The van der Waals surface area contributed by atoms with Crippen molar-refractivity contribution in [2.45, 2.75) is 46.0 Å². The van der Waals surface area contributed by atoms with Gasteiger partial charge in [-0.3, -0.25) is 9.89 Å². The summed E-state index contributed by atoms with van der Waals surface area (Å²) in [4.78, 5) is 29.6. The zero-order valence-electron chi connectivity index (χ0n) is 20.9. The van der Waals surface area contributed by atoms with Crippen molar-refractivity contribution < 1.29 is 14.3 Å². The highest BCUT2D eigenvalue weighted by Gasteiger charge is 2.44. The van der Waals surface area contributed by atoms with Gasteiger partial charge in [0.05, 0.1) is 12.1 Å². The lowest BCUT2D eigenvalue weighted by Crippen LogP contribution is -2.38. The smallest absolute Gasteiger partial charge is 0.409 e. The van der Waals surface area contributed by atoms with Gasteiger partial charge in [0.15, 0.2) is 0 Å². The Bertz CT molecular complexity index is 1080. The van der Waals surface area contributed by atoms with Crippen molar-refractivity contribution in [1.82, 2.24) is 25.2 Å². The first-order valence-electron chi connectivity index (χ1n) is 13.5. The Kier molecular flexibility index (Phi) is 5.93. The Morgan fingerprint density at radius 3 is 2.57 bits per heavy atom. The third-order valence-electron chi connectivity index (χ3n) is 9.40. The molecule has 3 heterocycles. The molecular formula is C27H37N5O3. The fraction of sp³-hybridized carbons (Fsp3) is 0.704. The van der Waals surface area contributed by atoms with Crippen molar-refractivity contribution in [3.8, 4) is 0 Å². The van der Waals surface area contributed by atoms with Crippen LogP contribution in [0.1, 0.15) is 56.3 Å². The molecule has 2 saturated heterocycles. The van der Waals surface area contributed by atoms with Crippen molar-refractivity contribution in [3.63, 3.8) is 0 Å². The predicted octanol–water partition coefficient (Wildman–Crippen LogP) is 4.20. The highest BCUT2D eigenvalue weighted by molar-refractivity contribution is 5.97. The topological polar surface area (TPSA) is 91.4 Å². The van der Waals surface area contributed by atoms with Crippen molar-refractivity contribution >= 4 is 23.0 Å². The molecule has 5 unspecified atom stereocenters. The summed E-state index contributed by atoms with van der Waals surface area (Å²) in [5.74, 6) is 4.67. The Hall–Kier alpha value is -2.64. The number of rotatable bonds is 4. The van der Waals surface area contributed by atoms with E-state index in [2.05, 4.69) is 29.3 Å². The number of ether oxygens (including phenoxy) is 1. The van der Waals surface area contributed by atoms with Crippen LogP contribution in [0.15, 0.2) is 18.2 Å². The number of nitrogens with zero attached hydrogens (tertiary/aromatic N) is 4. The maximum absolute atomic E-state index is 13.0. The van der Waals surface area contributed by atoms with E-state index in [1.165, 1.54) is 25.7 Å². The average Bonchev–Trinajstić information content (AvgIpc) is 3.54. The van der Waals surface area contributed by atoms with Gasteiger partial charge in [-0.15, -0.1) is 5.10 Å². The molecule has 188 valence electrons. The third-order valence-corrected chi connectivity index (χ3v) is 9.40. The summed E-state index contributed by atoms with van der Waals surface area (Å²) in [7, 11) is 0.